The van der Waals surface area contributed by atoms with Crippen LogP contribution in [-0.4, -0.2) is 21.5 Å². The number of nitrogens with zero attached hydrogens (tertiary/aromatic N) is 3. The van der Waals surface area contributed by atoms with Gasteiger partial charge in [0.25, 0.3) is 0 Å². The minimum atomic E-state index is 0.482. The van der Waals surface area contributed by atoms with Gasteiger partial charge in [-0.15, -0.1) is 0 Å². The van der Waals surface area contributed by atoms with Crippen molar-refractivity contribution >= 4 is 21.7 Å². The number of halogens is 1. The summed E-state index contributed by atoms with van der Waals surface area (Å²) >= 11 is 3.33. The molecule has 0 fully saturated rings. The summed E-state index contributed by atoms with van der Waals surface area (Å²) in [6, 6.07) is 3.56. The number of hydrogen-bond acceptors (Lipinski definition) is 5. The number of rotatable bonds is 4. The molecule has 0 aliphatic carbocycles. The maximum Gasteiger partial charge on any atom is 0.224 e. The summed E-state index contributed by atoms with van der Waals surface area (Å²) in [7, 11) is 0. The van der Waals surface area contributed by atoms with E-state index >= 15 is 0 Å². The molecule has 17 heavy (non-hydrogen) atoms. The lowest BCUT2D eigenvalue weighted by Gasteiger charge is -2.06. The first-order chi connectivity index (χ1) is 8.28. The van der Waals surface area contributed by atoms with Crippen LogP contribution in [0.2, 0.25) is 0 Å². The van der Waals surface area contributed by atoms with Gasteiger partial charge in [0.2, 0.25) is 5.88 Å². The number of pyridine rings is 1. The normalized spacial score (nSPS) is 10.0. The Morgan fingerprint density at radius 2 is 2.18 bits per heavy atom. The summed E-state index contributed by atoms with van der Waals surface area (Å²) in [6.45, 7) is 2.80. The van der Waals surface area contributed by atoms with E-state index in [-0.39, 0.29) is 0 Å². The summed E-state index contributed by atoms with van der Waals surface area (Å²) in [4.78, 5) is 12.1. The molecule has 0 aliphatic rings. The van der Waals surface area contributed by atoms with Crippen LogP contribution in [0.3, 0.4) is 0 Å². The topological polar surface area (TPSA) is 59.9 Å². The fraction of sp³-hybridized carbons (Fsp3) is 0.182. The minimum absolute atomic E-state index is 0.482. The second-order valence-electron chi connectivity index (χ2n) is 3.21. The number of hydrogen-bond donors (Lipinski definition) is 1. The molecule has 0 saturated carbocycles. The molecule has 2 aromatic rings. The van der Waals surface area contributed by atoms with Gasteiger partial charge in [0.15, 0.2) is 0 Å². The number of aromatic nitrogens is 3. The molecule has 0 aliphatic heterocycles. The van der Waals surface area contributed by atoms with Crippen LogP contribution in [0, 0.1) is 0 Å². The maximum absolute atomic E-state index is 5.56. The van der Waals surface area contributed by atoms with Crippen molar-refractivity contribution in [3.63, 3.8) is 0 Å². The molecule has 6 heteroatoms. The Morgan fingerprint density at radius 3 is 2.94 bits per heavy atom. The third-order valence-corrected chi connectivity index (χ3v) is 2.34. The van der Waals surface area contributed by atoms with Crippen molar-refractivity contribution in [2.24, 2.45) is 0 Å². The van der Waals surface area contributed by atoms with Crippen LogP contribution in [0.15, 0.2) is 35.3 Å². The fourth-order valence-corrected chi connectivity index (χ4v) is 1.59. The zero-order chi connectivity index (χ0) is 12.1. The summed E-state index contributed by atoms with van der Waals surface area (Å²) in [6.07, 6.45) is 4.77. The standard InChI is InChI=1S/C11H11BrN4O/c1-2-14-10-4-11(16-7-15-10)17-9-3-8(12)5-13-6-9/h3-7H,2H2,1H3,(H,14,15,16). The quantitative estimate of drug-likeness (QED) is 0.939. The van der Waals surface area contributed by atoms with E-state index in [2.05, 4.69) is 36.2 Å². The second-order valence-corrected chi connectivity index (χ2v) is 4.13. The fourth-order valence-electron chi connectivity index (χ4n) is 1.24. The van der Waals surface area contributed by atoms with Crippen LogP contribution in [-0.2, 0) is 0 Å². The molecular formula is C11H11BrN4O. The Morgan fingerprint density at radius 1 is 1.29 bits per heavy atom. The van der Waals surface area contributed by atoms with Gasteiger partial charge in [0, 0.05) is 23.3 Å². The first-order valence-electron chi connectivity index (χ1n) is 5.12. The van der Waals surface area contributed by atoms with Gasteiger partial charge in [0.1, 0.15) is 17.9 Å². The van der Waals surface area contributed by atoms with E-state index in [0.29, 0.717) is 11.6 Å². The van der Waals surface area contributed by atoms with Crippen LogP contribution in [0.5, 0.6) is 11.6 Å². The molecule has 0 amide bonds. The van der Waals surface area contributed by atoms with Crippen molar-refractivity contribution in [2.45, 2.75) is 6.92 Å². The lowest BCUT2D eigenvalue weighted by atomic mass is 10.4. The minimum Gasteiger partial charge on any atom is -0.437 e. The van der Waals surface area contributed by atoms with Crippen LogP contribution >= 0.6 is 15.9 Å². The number of ether oxygens (including phenoxy) is 1. The Labute approximate surface area is 107 Å². The average Bonchev–Trinajstić information content (AvgIpc) is 2.30. The zero-order valence-corrected chi connectivity index (χ0v) is 10.8. The average molecular weight is 295 g/mol. The SMILES string of the molecule is CCNc1cc(Oc2cncc(Br)c2)ncn1. The van der Waals surface area contributed by atoms with Gasteiger partial charge in [-0.05, 0) is 28.9 Å². The molecule has 2 rings (SSSR count). The predicted octanol–water partition coefficient (Wildman–Crippen LogP) is 2.86. The lowest BCUT2D eigenvalue weighted by molar-refractivity contribution is 0.459. The van der Waals surface area contributed by atoms with E-state index in [0.717, 1.165) is 16.8 Å². The van der Waals surface area contributed by atoms with E-state index in [1.165, 1.54) is 6.33 Å². The van der Waals surface area contributed by atoms with Crippen molar-refractivity contribution in [3.8, 4) is 11.6 Å². The third kappa shape index (κ3) is 3.39. The largest absolute Gasteiger partial charge is 0.437 e. The third-order valence-electron chi connectivity index (χ3n) is 1.90. The van der Waals surface area contributed by atoms with Crippen LogP contribution < -0.4 is 10.1 Å². The molecule has 1 N–H and O–H groups in total. The monoisotopic (exact) mass is 294 g/mol. The van der Waals surface area contributed by atoms with Crippen molar-refractivity contribution in [3.05, 3.63) is 35.3 Å². The van der Waals surface area contributed by atoms with Crippen LogP contribution in [0.25, 0.3) is 0 Å². The van der Waals surface area contributed by atoms with E-state index in [9.17, 15) is 0 Å². The first kappa shape index (κ1) is 11.8. The Kier molecular flexibility index (Phi) is 3.87. The van der Waals surface area contributed by atoms with E-state index < -0.39 is 0 Å². The number of nitrogens with one attached hydrogen (secondary N) is 1. The summed E-state index contributed by atoms with van der Waals surface area (Å²) < 4.78 is 6.42. The van der Waals surface area contributed by atoms with Gasteiger partial charge in [-0.25, -0.2) is 9.97 Å². The molecule has 0 aromatic carbocycles. The van der Waals surface area contributed by atoms with Crippen LogP contribution in [0.1, 0.15) is 6.92 Å². The molecule has 0 saturated heterocycles. The van der Waals surface area contributed by atoms with Crippen molar-refractivity contribution < 1.29 is 4.74 Å². The summed E-state index contributed by atoms with van der Waals surface area (Å²) in [5.74, 6) is 1.84. The molecule has 0 unspecified atom stereocenters. The first-order valence-corrected chi connectivity index (χ1v) is 5.91. The Hall–Kier alpha value is -1.69. The Balaban J connectivity index is 2.15. The summed E-state index contributed by atoms with van der Waals surface area (Å²) in [5.41, 5.74) is 0. The van der Waals surface area contributed by atoms with Gasteiger partial charge in [-0.3, -0.25) is 4.98 Å². The molecule has 2 heterocycles. The van der Waals surface area contributed by atoms with Crippen molar-refractivity contribution in [1.29, 1.82) is 0 Å². The molecule has 0 bridgehead atoms. The van der Waals surface area contributed by atoms with Gasteiger partial charge in [0.05, 0.1) is 6.20 Å². The van der Waals surface area contributed by atoms with Gasteiger partial charge < -0.3 is 10.1 Å². The second kappa shape index (κ2) is 5.58. The molecule has 0 atom stereocenters. The van der Waals surface area contributed by atoms with Gasteiger partial charge in [-0.2, -0.15) is 0 Å². The molecule has 5 nitrogen and oxygen atoms in total. The van der Waals surface area contributed by atoms with Crippen LogP contribution in [0.4, 0.5) is 5.82 Å². The van der Waals surface area contributed by atoms with E-state index in [1.54, 1.807) is 18.5 Å². The smallest absolute Gasteiger partial charge is 0.224 e. The summed E-state index contributed by atoms with van der Waals surface area (Å²) in [5, 5.41) is 3.09. The molecule has 0 radical (unpaired) electrons. The maximum atomic E-state index is 5.56. The van der Waals surface area contributed by atoms with E-state index in [1.807, 2.05) is 13.0 Å². The van der Waals surface area contributed by atoms with Gasteiger partial charge >= 0.3 is 0 Å². The lowest BCUT2D eigenvalue weighted by Crippen LogP contribution is -2.00. The predicted molar refractivity (Wildman–Crippen MR) is 68.2 cm³/mol. The number of anilines is 1. The highest BCUT2D eigenvalue weighted by atomic mass is 79.9. The van der Waals surface area contributed by atoms with Crippen molar-refractivity contribution in [1.82, 2.24) is 15.0 Å². The van der Waals surface area contributed by atoms with Gasteiger partial charge in [-0.1, -0.05) is 0 Å². The molecule has 2 aromatic heterocycles. The highest BCUT2D eigenvalue weighted by molar-refractivity contribution is 9.10. The van der Waals surface area contributed by atoms with E-state index in [4.69, 9.17) is 4.74 Å². The molecule has 88 valence electrons. The highest BCUT2D eigenvalue weighted by Crippen LogP contribution is 2.22. The zero-order valence-electron chi connectivity index (χ0n) is 9.22. The highest BCUT2D eigenvalue weighted by Gasteiger charge is 2.01. The molecular weight excluding hydrogens is 284 g/mol. The van der Waals surface area contributed by atoms with Crippen molar-refractivity contribution in [2.75, 3.05) is 11.9 Å². The molecule has 0 spiro atoms. The Bertz CT molecular complexity index is 506.